The standard InChI is InChI=1S/C23H31N5O5S/c1-16-6-5-7-21(24-16)26-23(30)15-27(4)14-22(29)25-19-8-10-20(11-9-19)34(31,32)28-12-17(2)33-18(3)13-28/h5-11,17-18H,12-15H2,1-4H3,(H,25,29)(H,24,26,30). The summed E-state index contributed by atoms with van der Waals surface area (Å²) in [6.45, 7) is 6.11. The summed E-state index contributed by atoms with van der Waals surface area (Å²) in [5.41, 5.74) is 1.26. The van der Waals surface area contributed by atoms with Crippen molar-refractivity contribution in [3.05, 3.63) is 48.2 Å². The molecule has 0 spiro atoms. The lowest BCUT2D eigenvalue weighted by atomic mass is 10.3. The van der Waals surface area contributed by atoms with Gasteiger partial charge in [0.05, 0.1) is 30.2 Å². The van der Waals surface area contributed by atoms with Crippen molar-refractivity contribution in [2.24, 2.45) is 0 Å². The minimum atomic E-state index is -3.65. The van der Waals surface area contributed by atoms with E-state index in [1.54, 1.807) is 36.2 Å². The van der Waals surface area contributed by atoms with Crippen LogP contribution in [0.4, 0.5) is 11.5 Å². The number of anilines is 2. The fourth-order valence-corrected chi connectivity index (χ4v) is 5.32. The van der Waals surface area contributed by atoms with Crippen molar-refractivity contribution in [3.63, 3.8) is 0 Å². The molecule has 2 heterocycles. The first-order valence-corrected chi connectivity index (χ1v) is 12.4. The number of sulfonamides is 1. The van der Waals surface area contributed by atoms with E-state index in [1.165, 1.54) is 16.4 Å². The predicted molar refractivity (Wildman–Crippen MR) is 129 cm³/mol. The molecule has 2 N–H and O–H groups in total. The minimum Gasteiger partial charge on any atom is -0.373 e. The van der Waals surface area contributed by atoms with Gasteiger partial charge in [-0.1, -0.05) is 6.07 Å². The molecule has 1 saturated heterocycles. The second-order valence-corrected chi connectivity index (χ2v) is 10.5. The van der Waals surface area contributed by atoms with E-state index in [0.29, 0.717) is 24.6 Å². The van der Waals surface area contributed by atoms with Crippen molar-refractivity contribution in [1.29, 1.82) is 0 Å². The maximum atomic E-state index is 12.9. The molecule has 2 amide bonds. The van der Waals surface area contributed by atoms with Crippen molar-refractivity contribution in [2.45, 2.75) is 37.9 Å². The van der Waals surface area contributed by atoms with Crippen LogP contribution in [0, 0.1) is 6.92 Å². The third-order valence-corrected chi connectivity index (χ3v) is 6.99. The van der Waals surface area contributed by atoms with E-state index in [9.17, 15) is 18.0 Å². The molecule has 0 aliphatic carbocycles. The van der Waals surface area contributed by atoms with Crippen LogP contribution in [0.3, 0.4) is 0 Å². The quantitative estimate of drug-likeness (QED) is 0.579. The summed E-state index contributed by atoms with van der Waals surface area (Å²) in [5, 5.41) is 5.42. The monoisotopic (exact) mass is 489 g/mol. The Balaban J connectivity index is 1.51. The Morgan fingerprint density at radius 2 is 1.62 bits per heavy atom. The lowest BCUT2D eigenvalue weighted by Crippen LogP contribution is -2.48. The number of rotatable bonds is 8. The first kappa shape index (κ1) is 25.8. The number of nitrogens with one attached hydrogen (secondary N) is 2. The van der Waals surface area contributed by atoms with Crippen LogP contribution >= 0.6 is 0 Å². The molecular formula is C23H31N5O5S. The molecule has 0 radical (unpaired) electrons. The van der Waals surface area contributed by atoms with Crippen LogP contribution in [-0.2, 0) is 24.3 Å². The van der Waals surface area contributed by atoms with Crippen LogP contribution < -0.4 is 10.6 Å². The van der Waals surface area contributed by atoms with E-state index >= 15 is 0 Å². The average molecular weight is 490 g/mol. The van der Waals surface area contributed by atoms with Crippen LogP contribution in [0.1, 0.15) is 19.5 Å². The fourth-order valence-electron chi connectivity index (χ4n) is 3.73. The van der Waals surface area contributed by atoms with Gasteiger partial charge in [-0.05, 0) is 64.2 Å². The summed E-state index contributed by atoms with van der Waals surface area (Å²) in [7, 11) is -2.00. The molecule has 184 valence electrons. The molecule has 11 heteroatoms. The second kappa shape index (κ2) is 11.0. The molecule has 3 rings (SSSR count). The van der Waals surface area contributed by atoms with Gasteiger partial charge in [0.25, 0.3) is 0 Å². The summed E-state index contributed by atoms with van der Waals surface area (Å²) in [6.07, 6.45) is -0.353. The van der Waals surface area contributed by atoms with Gasteiger partial charge in [0, 0.05) is 24.5 Å². The molecular weight excluding hydrogens is 458 g/mol. The molecule has 34 heavy (non-hydrogen) atoms. The van der Waals surface area contributed by atoms with E-state index in [1.807, 2.05) is 26.8 Å². The summed E-state index contributed by atoms with van der Waals surface area (Å²) in [5.74, 6) is -0.149. The van der Waals surface area contributed by atoms with E-state index < -0.39 is 10.0 Å². The number of ether oxygens (including phenoxy) is 1. The Kier molecular flexibility index (Phi) is 8.37. The van der Waals surface area contributed by atoms with Crippen molar-refractivity contribution in [3.8, 4) is 0 Å². The van der Waals surface area contributed by atoms with Gasteiger partial charge < -0.3 is 15.4 Å². The summed E-state index contributed by atoms with van der Waals surface area (Å²) in [6, 6.07) is 11.4. The maximum absolute atomic E-state index is 12.9. The van der Waals surface area contributed by atoms with E-state index in [2.05, 4.69) is 15.6 Å². The molecule has 2 unspecified atom stereocenters. The zero-order chi connectivity index (χ0) is 24.9. The Morgan fingerprint density at radius 1 is 1.03 bits per heavy atom. The highest BCUT2D eigenvalue weighted by molar-refractivity contribution is 7.89. The number of likely N-dealkylation sites (N-methyl/N-ethyl adjacent to an activating group) is 1. The number of hydrogen-bond acceptors (Lipinski definition) is 7. The highest BCUT2D eigenvalue weighted by Crippen LogP contribution is 2.22. The van der Waals surface area contributed by atoms with Crippen LogP contribution in [0.2, 0.25) is 0 Å². The van der Waals surface area contributed by atoms with Crippen LogP contribution in [0.15, 0.2) is 47.4 Å². The Morgan fingerprint density at radius 3 is 2.21 bits per heavy atom. The molecule has 1 aromatic carbocycles. The van der Waals surface area contributed by atoms with Crippen molar-refractivity contribution < 1.29 is 22.7 Å². The number of carbonyl (C=O) groups is 2. The van der Waals surface area contributed by atoms with Gasteiger partial charge in [-0.2, -0.15) is 4.31 Å². The predicted octanol–water partition coefficient (Wildman–Crippen LogP) is 1.70. The van der Waals surface area contributed by atoms with Crippen LogP contribution in [0.25, 0.3) is 0 Å². The maximum Gasteiger partial charge on any atom is 0.243 e. The van der Waals surface area contributed by atoms with E-state index in [-0.39, 0.29) is 42.0 Å². The number of aryl methyl sites for hydroxylation is 1. The SMILES string of the molecule is Cc1cccc(NC(=O)CN(C)CC(=O)Nc2ccc(S(=O)(=O)N3CC(C)OC(C)C3)cc2)n1. The van der Waals surface area contributed by atoms with Gasteiger partial charge in [0.1, 0.15) is 5.82 Å². The highest BCUT2D eigenvalue weighted by atomic mass is 32.2. The van der Waals surface area contributed by atoms with Gasteiger partial charge in [-0.25, -0.2) is 13.4 Å². The lowest BCUT2D eigenvalue weighted by Gasteiger charge is -2.34. The zero-order valence-electron chi connectivity index (χ0n) is 19.8. The second-order valence-electron chi connectivity index (χ2n) is 8.54. The Hall–Kier alpha value is -2.86. The molecule has 1 fully saturated rings. The molecule has 0 saturated carbocycles. The van der Waals surface area contributed by atoms with Gasteiger partial charge in [0.2, 0.25) is 21.8 Å². The van der Waals surface area contributed by atoms with Crippen LogP contribution in [0.5, 0.6) is 0 Å². The van der Waals surface area contributed by atoms with Gasteiger partial charge >= 0.3 is 0 Å². The first-order valence-electron chi connectivity index (χ1n) is 11.0. The van der Waals surface area contributed by atoms with Gasteiger partial charge in [0.15, 0.2) is 0 Å². The number of morpholine rings is 1. The van der Waals surface area contributed by atoms with Crippen LogP contribution in [-0.4, -0.2) is 79.9 Å². The van der Waals surface area contributed by atoms with E-state index in [0.717, 1.165) is 5.69 Å². The molecule has 2 atom stereocenters. The van der Waals surface area contributed by atoms with Crippen molar-refractivity contribution >= 4 is 33.3 Å². The topological polar surface area (TPSA) is 121 Å². The smallest absolute Gasteiger partial charge is 0.243 e. The number of hydrogen-bond donors (Lipinski definition) is 2. The average Bonchev–Trinajstić information content (AvgIpc) is 2.73. The molecule has 1 aliphatic heterocycles. The fraction of sp³-hybridized carbons (Fsp3) is 0.435. The Labute approximate surface area is 200 Å². The van der Waals surface area contributed by atoms with Crippen molar-refractivity contribution in [2.75, 3.05) is 43.9 Å². The third-order valence-electron chi connectivity index (χ3n) is 5.14. The molecule has 1 aromatic heterocycles. The van der Waals surface area contributed by atoms with Crippen molar-refractivity contribution in [1.82, 2.24) is 14.2 Å². The largest absolute Gasteiger partial charge is 0.373 e. The molecule has 1 aliphatic rings. The number of pyridine rings is 1. The number of amides is 2. The minimum absolute atomic E-state index is 0.0105. The molecule has 0 bridgehead atoms. The molecule has 2 aromatic rings. The van der Waals surface area contributed by atoms with E-state index in [4.69, 9.17) is 4.74 Å². The number of nitrogens with zero attached hydrogens (tertiary/aromatic N) is 3. The normalized spacial score (nSPS) is 19.1. The van der Waals surface area contributed by atoms with Gasteiger partial charge in [-0.3, -0.25) is 14.5 Å². The highest BCUT2D eigenvalue weighted by Gasteiger charge is 2.32. The molecule has 10 nitrogen and oxygen atoms in total. The Bertz CT molecular complexity index is 1110. The third kappa shape index (κ3) is 7.07. The number of carbonyl (C=O) groups excluding carboxylic acids is 2. The first-order chi connectivity index (χ1) is 16.0. The summed E-state index contributed by atoms with van der Waals surface area (Å²) in [4.78, 5) is 30.5. The number of aromatic nitrogens is 1. The summed E-state index contributed by atoms with van der Waals surface area (Å²) < 4.78 is 32.9. The zero-order valence-corrected chi connectivity index (χ0v) is 20.6. The number of benzene rings is 1. The summed E-state index contributed by atoms with van der Waals surface area (Å²) >= 11 is 0. The van der Waals surface area contributed by atoms with Gasteiger partial charge in [-0.15, -0.1) is 0 Å². The lowest BCUT2D eigenvalue weighted by molar-refractivity contribution is -0.119.